The predicted molar refractivity (Wildman–Crippen MR) is 59.7 cm³/mol. The zero-order chi connectivity index (χ0) is 10.3. The van der Waals surface area contributed by atoms with E-state index in [0.717, 1.165) is 21.0 Å². The second-order valence-corrected chi connectivity index (χ2v) is 4.22. The molecule has 0 fully saturated rings. The van der Waals surface area contributed by atoms with E-state index in [1.807, 2.05) is 19.9 Å². The first-order chi connectivity index (χ1) is 6.58. The molecule has 0 aliphatic carbocycles. The molecule has 0 unspecified atom stereocenters. The van der Waals surface area contributed by atoms with Crippen molar-refractivity contribution in [1.29, 1.82) is 0 Å². The molecule has 0 bridgehead atoms. The summed E-state index contributed by atoms with van der Waals surface area (Å²) >= 11 is 3.36. The van der Waals surface area contributed by atoms with Crippen molar-refractivity contribution >= 4 is 26.9 Å². The Morgan fingerprint density at radius 3 is 2.64 bits per heavy atom. The van der Waals surface area contributed by atoms with Gasteiger partial charge in [-0.25, -0.2) is 4.79 Å². The van der Waals surface area contributed by atoms with Crippen molar-refractivity contribution in [2.45, 2.75) is 13.8 Å². The number of benzene rings is 1. The largest absolute Gasteiger partial charge is 0.423 e. The minimum atomic E-state index is -0.325. The van der Waals surface area contributed by atoms with Crippen LogP contribution in [0.2, 0.25) is 0 Å². The van der Waals surface area contributed by atoms with Crippen molar-refractivity contribution in [3.63, 3.8) is 0 Å². The highest BCUT2D eigenvalue weighted by Gasteiger charge is 2.06. The summed E-state index contributed by atoms with van der Waals surface area (Å²) in [5.41, 5.74) is 2.52. The van der Waals surface area contributed by atoms with Gasteiger partial charge in [-0.3, -0.25) is 0 Å². The minimum absolute atomic E-state index is 0.325. The first-order valence-corrected chi connectivity index (χ1v) is 5.08. The lowest BCUT2D eigenvalue weighted by atomic mass is 10.1. The van der Waals surface area contributed by atoms with E-state index >= 15 is 0 Å². The van der Waals surface area contributed by atoms with Crippen LogP contribution in [0.5, 0.6) is 0 Å². The van der Waals surface area contributed by atoms with E-state index in [9.17, 15) is 4.79 Å². The lowest BCUT2D eigenvalue weighted by Crippen LogP contribution is -1.97. The molecule has 3 heteroatoms. The molecule has 0 N–H and O–H groups in total. The molecule has 1 heterocycles. The number of hydrogen-bond acceptors (Lipinski definition) is 2. The maximum Gasteiger partial charge on any atom is 0.337 e. The molecule has 0 saturated carbocycles. The first kappa shape index (κ1) is 9.46. The van der Waals surface area contributed by atoms with E-state index in [4.69, 9.17) is 4.42 Å². The number of hydrogen-bond donors (Lipinski definition) is 0. The number of rotatable bonds is 0. The molecule has 1 aromatic carbocycles. The monoisotopic (exact) mass is 252 g/mol. The summed E-state index contributed by atoms with van der Waals surface area (Å²) in [4.78, 5) is 11.1. The standard InChI is InChI=1S/C11H9BrO2/c1-6-3-7(2)11-8(12)5-10(13)14-9(11)4-6/h3-5H,1-2H3. The van der Waals surface area contributed by atoms with Crippen LogP contribution in [0, 0.1) is 13.8 Å². The molecule has 2 aromatic rings. The molecular formula is C11H9BrO2. The fourth-order valence-corrected chi connectivity index (χ4v) is 2.32. The third-order valence-electron chi connectivity index (χ3n) is 2.14. The molecule has 0 saturated heterocycles. The lowest BCUT2D eigenvalue weighted by Gasteiger charge is -2.04. The molecule has 0 radical (unpaired) electrons. The smallest absolute Gasteiger partial charge is 0.337 e. The fraction of sp³-hybridized carbons (Fsp3) is 0.182. The molecule has 0 atom stereocenters. The highest BCUT2D eigenvalue weighted by molar-refractivity contribution is 9.10. The molecular weight excluding hydrogens is 244 g/mol. The van der Waals surface area contributed by atoms with Gasteiger partial charge in [0.15, 0.2) is 0 Å². The Hall–Kier alpha value is -1.09. The lowest BCUT2D eigenvalue weighted by molar-refractivity contribution is 0.559. The van der Waals surface area contributed by atoms with Gasteiger partial charge in [0, 0.05) is 15.9 Å². The van der Waals surface area contributed by atoms with E-state index in [-0.39, 0.29) is 5.63 Å². The summed E-state index contributed by atoms with van der Waals surface area (Å²) < 4.78 is 5.91. The third-order valence-corrected chi connectivity index (χ3v) is 2.76. The van der Waals surface area contributed by atoms with Crippen LogP contribution in [0.4, 0.5) is 0 Å². The topological polar surface area (TPSA) is 30.2 Å². The van der Waals surface area contributed by atoms with Crippen LogP contribution in [0.15, 0.2) is 31.9 Å². The van der Waals surface area contributed by atoms with Gasteiger partial charge in [0.25, 0.3) is 0 Å². The van der Waals surface area contributed by atoms with Crippen LogP contribution in [0.25, 0.3) is 11.0 Å². The van der Waals surface area contributed by atoms with Crippen LogP contribution in [-0.4, -0.2) is 0 Å². The summed E-state index contributed by atoms with van der Waals surface area (Å²) in [5.74, 6) is 0. The normalized spacial score (nSPS) is 10.8. The summed E-state index contributed by atoms with van der Waals surface area (Å²) in [7, 11) is 0. The molecule has 0 aliphatic rings. The molecule has 2 rings (SSSR count). The summed E-state index contributed by atoms with van der Waals surface area (Å²) in [5, 5.41) is 0.968. The molecule has 2 nitrogen and oxygen atoms in total. The number of aryl methyl sites for hydroxylation is 2. The molecule has 0 aliphatic heterocycles. The number of fused-ring (bicyclic) bond motifs is 1. The van der Waals surface area contributed by atoms with Gasteiger partial charge in [-0.05, 0) is 47.0 Å². The molecule has 14 heavy (non-hydrogen) atoms. The van der Waals surface area contributed by atoms with Crippen molar-refractivity contribution in [3.8, 4) is 0 Å². The molecule has 72 valence electrons. The van der Waals surface area contributed by atoms with Crippen molar-refractivity contribution < 1.29 is 4.42 Å². The Morgan fingerprint density at radius 2 is 1.93 bits per heavy atom. The van der Waals surface area contributed by atoms with E-state index < -0.39 is 0 Å². The van der Waals surface area contributed by atoms with Crippen LogP contribution < -0.4 is 5.63 Å². The quantitative estimate of drug-likeness (QED) is 0.675. The summed E-state index contributed by atoms with van der Waals surface area (Å²) in [6.07, 6.45) is 0. The highest BCUT2D eigenvalue weighted by atomic mass is 79.9. The van der Waals surface area contributed by atoms with Crippen LogP contribution in [0.3, 0.4) is 0 Å². The van der Waals surface area contributed by atoms with E-state index in [1.165, 1.54) is 6.07 Å². The molecule has 1 aromatic heterocycles. The van der Waals surface area contributed by atoms with Crippen LogP contribution >= 0.6 is 15.9 Å². The Balaban J connectivity index is 3.01. The zero-order valence-corrected chi connectivity index (χ0v) is 9.51. The van der Waals surface area contributed by atoms with Gasteiger partial charge in [-0.15, -0.1) is 0 Å². The third kappa shape index (κ3) is 1.48. The van der Waals surface area contributed by atoms with E-state index in [1.54, 1.807) is 0 Å². The fourth-order valence-electron chi connectivity index (χ4n) is 1.63. The van der Waals surface area contributed by atoms with Crippen LogP contribution in [0.1, 0.15) is 11.1 Å². The van der Waals surface area contributed by atoms with Crippen molar-refractivity contribution in [1.82, 2.24) is 0 Å². The van der Waals surface area contributed by atoms with Gasteiger partial charge in [0.2, 0.25) is 0 Å². The average Bonchev–Trinajstić information content (AvgIpc) is 1.99. The van der Waals surface area contributed by atoms with Crippen molar-refractivity contribution in [3.05, 3.63) is 44.2 Å². The SMILES string of the molecule is Cc1cc(C)c2c(Br)cc(=O)oc2c1. The van der Waals surface area contributed by atoms with Gasteiger partial charge in [-0.2, -0.15) is 0 Å². The molecule has 0 spiro atoms. The van der Waals surface area contributed by atoms with E-state index in [2.05, 4.69) is 22.0 Å². The Bertz CT molecular complexity index is 555. The molecule has 0 amide bonds. The van der Waals surface area contributed by atoms with Gasteiger partial charge < -0.3 is 4.42 Å². The second-order valence-electron chi connectivity index (χ2n) is 3.37. The minimum Gasteiger partial charge on any atom is -0.423 e. The Kier molecular flexibility index (Phi) is 2.19. The maximum absolute atomic E-state index is 11.1. The van der Waals surface area contributed by atoms with Crippen molar-refractivity contribution in [2.75, 3.05) is 0 Å². The second kappa shape index (κ2) is 3.24. The predicted octanol–water partition coefficient (Wildman–Crippen LogP) is 3.17. The Morgan fingerprint density at radius 1 is 1.21 bits per heavy atom. The summed E-state index contributed by atoms with van der Waals surface area (Å²) in [6, 6.07) is 5.38. The first-order valence-electron chi connectivity index (χ1n) is 4.28. The van der Waals surface area contributed by atoms with Gasteiger partial charge in [0.1, 0.15) is 5.58 Å². The van der Waals surface area contributed by atoms with Crippen molar-refractivity contribution in [2.24, 2.45) is 0 Å². The van der Waals surface area contributed by atoms with Gasteiger partial charge >= 0.3 is 5.63 Å². The van der Waals surface area contributed by atoms with E-state index in [0.29, 0.717) is 5.58 Å². The zero-order valence-electron chi connectivity index (χ0n) is 7.93. The average molecular weight is 253 g/mol. The Labute approximate surface area is 89.7 Å². The van der Waals surface area contributed by atoms with Gasteiger partial charge in [0.05, 0.1) is 0 Å². The van der Waals surface area contributed by atoms with Gasteiger partial charge in [-0.1, -0.05) is 6.07 Å². The maximum atomic E-state index is 11.1. The summed E-state index contributed by atoms with van der Waals surface area (Å²) in [6.45, 7) is 3.98. The highest BCUT2D eigenvalue weighted by Crippen LogP contribution is 2.26. The number of halogens is 1. The van der Waals surface area contributed by atoms with Crippen LogP contribution in [-0.2, 0) is 0 Å².